The van der Waals surface area contributed by atoms with Gasteiger partial charge in [-0.05, 0) is 63.6 Å². The summed E-state index contributed by atoms with van der Waals surface area (Å²) in [6.07, 6.45) is 3.00. The number of carbonyl (C=O) groups excluding carboxylic acids is 1. The van der Waals surface area contributed by atoms with Crippen molar-refractivity contribution in [2.24, 2.45) is 5.92 Å². The van der Waals surface area contributed by atoms with Crippen LogP contribution in [0.15, 0.2) is 28.7 Å². The highest BCUT2D eigenvalue weighted by molar-refractivity contribution is 9.10. The van der Waals surface area contributed by atoms with E-state index in [0.29, 0.717) is 0 Å². The van der Waals surface area contributed by atoms with Gasteiger partial charge in [0.15, 0.2) is 0 Å². The van der Waals surface area contributed by atoms with Gasteiger partial charge in [0.05, 0.1) is 0 Å². The minimum atomic E-state index is 0.190. The first-order valence-electron chi connectivity index (χ1n) is 10.3. The lowest BCUT2D eigenvalue weighted by Gasteiger charge is -2.32. The summed E-state index contributed by atoms with van der Waals surface area (Å²) < 4.78 is 1.12. The summed E-state index contributed by atoms with van der Waals surface area (Å²) in [4.78, 5) is 19.8. The zero-order valence-electron chi connectivity index (χ0n) is 16.5. The number of piperazine rings is 1. The van der Waals surface area contributed by atoms with Crippen molar-refractivity contribution >= 4 is 21.8 Å². The minimum absolute atomic E-state index is 0.190. The van der Waals surface area contributed by atoms with E-state index in [4.69, 9.17) is 0 Å². The Kier molecular flexibility index (Phi) is 8.12. The number of likely N-dealkylation sites (tertiary alicyclic amines) is 1. The zero-order chi connectivity index (χ0) is 19.1. The molecule has 2 heterocycles. The van der Waals surface area contributed by atoms with Crippen LogP contribution in [0.3, 0.4) is 0 Å². The predicted octanol–water partition coefficient (Wildman–Crippen LogP) is 2.41. The van der Waals surface area contributed by atoms with E-state index in [-0.39, 0.29) is 11.8 Å². The van der Waals surface area contributed by atoms with Crippen molar-refractivity contribution in [3.05, 3.63) is 34.3 Å². The van der Waals surface area contributed by atoms with Crippen molar-refractivity contribution in [1.82, 2.24) is 20.0 Å². The quantitative estimate of drug-likeness (QED) is 0.666. The topological polar surface area (TPSA) is 38.8 Å². The van der Waals surface area contributed by atoms with E-state index in [1.807, 2.05) is 0 Å². The molecule has 0 bridgehead atoms. The Labute approximate surface area is 172 Å². The second-order valence-electron chi connectivity index (χ2n) is 7.97. The molecule has 0 radical (unpaired) electrons. The van der Waals surface area contributed by atoms with Gasteiger partial charge in [-0.3, -0.25) is 9.69 Å². The summed E-state index contributed by atoms with van der Waals surface area (Å²) in [6.45, 7) is 9.53. The highest BCUT2D eigenvalue weighted by Gasteiger charge is 2.24. The summed E-state index contributed by atoms with van der Waals surface area (Å²) in [7, 11) is 2.18. The number of halogens is 1. The number of likely N-dealkylation sites (N-methyl/N-ethyl adjacent to an activating group) is 1. The lowest BCUT2D eigenvalue weighted by atomic mass is 9.95. The van der Waals surface area contributed by atoms with Crippen molar-refractivity contribution in [3.63, 3.8) is 0 Å². The van der Waals surface area contributed by atoms with Gasteiger partial charge in [-0.25, -0.2) is 0 Å². The molecule has 1 aromatic rings. The van der Waals surface area contributed by atoms with Gasteiger partial charge in [-0.1, -0.05) is 28.1 Å². The van der Waals surface area contributed by atoms with Gasteiger partial charge < -0.3 is 15.1 Å². The fraction of sp³-hybridized carbons (Fsp3) is 0.667. The third kappa shape index (κ3) is 6.86. The molecule has 5 nitrogen and oxygen atoms in total. The Morgan fingerprint density at radius 3 is 2.37 bits per heavy atom. The highest BCUT2D eigenvalue weighted by Crippen LogP contribution is 2.20. The normalized spacial score (nSPS) is 20.7. The van der Waals surface area contributed by atoms with Crippen LogP contribution in [0.1, 0.15) is 24.8 Å². The fourth-order valence-electron chi connectivity index (χ4n) is 3.93. The maximum atomic E-state index is 12.4. The van der Waals surface area contributed by atoms with Gasteiger partial charge >= 0.3 is 0 Å². The summed E-state index contributed by atoms with van der Waals surface area (Å²) in [5.74, 6) is 0.450. The second-order valence-corrected chi connectivity index (χ2v) is 8.88. The average molecular weight is 437 g/mol. The van der Waals surface area contributed by atoms with Crippen LogP contribution in [-0.4, -0.2) is 80.0 Å². The number of amides is 1. The predicted molar refractivity (Wildman–Crippen MR) is 114 cm³/mol. The first-order chi connectivity index (χ1) is 13.1. The molecule has 0 unspecified atom stereocenters. The molecule has 3 rings (SSSR count). The van der Waals surface area contributed by atoms with E-state index in [9.17, 15) is 4.79 Å². The molecule has 0 spiro atoms. The molecule has 6 heteroatoms. The Morgan fingerprint density at radius 1 is 1.04 bits per heavy atom. The number of carbonyl (C=O) groups is 1. The van der Waals surface area contributed by atoms with Gasteiger partial charge in [0.2, 0.25) is 5.91 Å². The molecule has 0 saturated carbocycles. The van der Waals surface area contributed by atoms with Crippen LogP contribution < -0.4 is 5.32 Å². The third-order valence-electron chi connectivity index (χ3n) is 5.82. The molecule has 1 amide bonds. The molecular weight excluding hydrogens is 404 g/mol. The summed E-state index contributed by atoms with van der Waals surface area (Å²) in [5, 5.41) is 3.17. The van der Waals surface area contributed by atoms with Gasteiger partial charge in [-0.15, -0.1) is 0 Å². The highest BCUT2D eigenvalue weighted by atomic mass is 79.9. The van der Waals surface area contributed by atoms with E-state index in [2.05, 4.69) is 67.3 Å². The van der Waals surface area contributed by atoms with Crippen molar-refractivity contribution in [1.29, 1.82) is 0 Å². The molecule has 0 aliphatic carbocycles. The van der Waals surface area contributed by atoms with Crippen LogP contribution in [0, 0.1) is 5.92 Å². The molecule has 2 fully saturated rings. The Bertz CT molecular complexity index is 578. The van der Waals surface area contributed by atoms with Crippen LogP contribution in [0.25, 0.3) is 0 Å². The SMILES string of the molecule is CN1CCN(CCCNC(=O)C2CCN(Cc3ccc(Br)cc3)CC2)CC1. The number of benzene rings is 1. The van der Waals surface area contributed by atoms with Gasteiger partial charge in [-0.2, -0.15) is 0 Å². The number of hydrogen-bond donors (Lipinski definition) is 1. The zero-order valence-corrected chi connectivity index (χ0v) is 18.1. The van der Waals surface area contributed by atoms with Crippen LogP contribution in [0.4, 0.5) is 0 Å². The maximum Gasteiger partial charge on any atom is 0.223 e. The number of piperidine rings is 1. The van der Waals surface area contributed by atoms with E-state index < -0.39 is 0 Å². The Morgan fingerprint density at radius 2 is 1.70 bits per heavy atom. The van der Waals surface area contributed by atoms with Gasteiger partial charge in [0.25, 0.3) is 0 Å². The van der Waals surface area contributed by atoms with E-state index in [1.54, 1.807) is 0 Å². The van der Waals surface area contributed by atoms with Crippen LogP contribution in [0.5, 0.6) is 0 Å². The monoisotopic (exact) mass is 436 g/mol. The van der Waals surface area contributed by atoms with Crippen LogP contribution >= 0.6 is 15.9 Å². The number of hydrogen-bond acceptors (Lipinski definition) is 4. The van der Waals surface area contributed by atoms with Crippen molar-refractivity contribution < 1.29 is 4.79 Å². The average Bonchev–Trinajstić information content (AvgIpc) is 2.69. The molecule has 2 aliphatic heterocycles. The molecule has 0 atom stereocenters. The fourth-order valence-corrected chi connectivity index (χ4v) is 4.20. The second kappa shape index (κ2) is 10.6. The Balaban J connectivity index is 1.28. The molecular formula is C21H33BrN4O. The van der Waals surface area contributed by atoms with Gasteiger partial charge in [0.1, 0.15) is 0 Å². The van der Waals surface area contributed by atoms with E-state index in [0.717, 1.165) is 82.6 Å². The lowest BCUT2D eigenvalue weighted by molar-refractivity contribution is -0.126. The molecule has 27 heavy (non-hydrogen) atoms. The van der Waals surface area contributed by atoms with Crippen molar-refractivity contribution in [3.8, 4) is 0 Å². The summed E-state index contributed by atoms with van der Waals surface area (Å²) in [5.41, 5.74) is 1.34. The maximum absolute atomic E-state index is 12.4. The van der Waals surface area contributed by atoms with Crippen molar-refractivity contribution in [2.45, 2.75) is 25.8 Å². The summed E-state index contributed by atoms with van der Waals surface area (Å²) in [6, 6.07) is 8.53. The molecule has 0 aromatic heterocycles. The lowest BCUT2D eigenvalue weighted by Crippen LogP contribution is -2.45. The standard InChI is InChI=1S/C21H33BrN4O/c1-24-13-15-25(16-14-24)10-2-9-23-21(27)19-7-11-26(12-8-19)17-18-3-5-20(22)6-4-18/h3-6,19H,2,7-17H2,1H3,(H,23,27). The molecule has 1 N–H and O–H groups in total. The van der Waals surface area contributed by atoms with E-state index >= 15 is 0 Å². The number of rotatable bonds is 7. The number of nitrogens with zero attached hydrogens (tertiary/aromatic N) is 3. The molecule has 150 valence electrons. The van der Waals surface area contributed by atoms with E-state index in [1.165, 1.54) is 5.56 Å². The van der Waals surface area contributed by atoms with Crippen LogP contribution in [0.2, 0.25) is 0 Å². The smallest absolute Gasteiger partial charge is 0.223 e. The van der Waals surface area contributed by atoms with Crippen LogP contribution in [-0.2, 0) is 11.3 Å². The van der Waals surface area contributed by atoms with Crippen molar-refractivity contribution in [2.75, 3.05) is 59.4 Å². The largest absolute Gasteiger partial charge is 0.356 e. The molecule has 2 aliphatic rings. The molecule has 2 saturated heterocycles. The Hall–Kier alpha value is -0.950. The first kappa shape index (κ1) is 20.8. The minimum Gasteiger partial charge on any atom is -0.356 e. The van der Waals surface area contributed by atoms with Gasteiger partial charge in [0, 0.05) is 49.7 Å². The molecule has 1 aromatic carbocycles. The summed E-state index contributed by atoms with van der Waals surface area (Å²) >= 11 is 3.48. The third-order valence-corrected chi connectivity index (χ3v) is 6.35. The first-order valence-corrected chi connectivity index (χ1v) is 11.0. The number of nitrogens with one attached hydrogen (secondary N) is 1.